The molecule has 2 atom stereocenters. The molecule has 2 aliphatic heterocycles. The van der Waals surface area contributed by atoms with Crippen LogP contribution in [-0.2, 0) is 10.9 Å². The van der Waals surface area contributed by atoms with Crippen LogP contribution in [0.5, 0.6) is 11.5 Å². The zero-order chi connectivity index (χ0) is 26.0. The number of likely N-dealkylation sites (tertiary alicyclic amines) is 1. The van der Waals surface area contributed by atoms with Gasteiger partial charge in [-0.25, -0.2) is 14.8 Å². The van der Waals surface area contributed by atoms with Gasteiger partial charge >= 0.3 is 12.3 Å². The highest BCUT2D eigenvalue weighted by Crippen LogP contribution is 2.35. The Balaban J connectivity index is 1.46. The number of carbonyl (C=O) groups is 1. The predicted octanol–water partition coefficient (Wildman–Crippen LogP) is 5.15. The summed E-state index contributed by atoms with van der Waals surface area (Å²) in [5, 5.41) is 0. The maximum atomic E-state index is 13.2. The van der Waals surface area contributed by atoms with Crippen molar-refractivity contribution in [3.8, 4) is 11.5 Å². The summed E-state index contributed by atoms with van der Waals surface area (Å²) in [6.07, 6.45) is -2.18. The third-order valence-electron chi connectivity index (χ3n) is 6.20. The zero-order valence-electron chi connectivity index (χ0n) is 20.8. The maximum Gasteiger partial charge on any atom is 0.433 e. The number of piperidine rings is 1. The van der Waals surface area contributed by atoms with Crippen molar-refractivity contribution in [2.45, 2.75) is 65.0 Å². The smallest absolute Gasteiger partial charge is 0.433 e. The van der Waals surface area contributed by atoms with Gasteiger partial charge in [0.2, 0.25) is 0 Å². The van der Waals surface area contributed by atoms with Crippen LogP contribution in [0.1, 0.15) is 56.6 Å². The number of fused-ring (bicyclic) bond motifs is 1. The first-order valence-corrected chi connectivity index (χ1v) is 12.1. The summed E-state index contributed by atoms with van der Waals surface area (Å²) < 4.78 is 56.5. The second-order valence-corrected chi connectivity index (χ2v) is 9.40. The summed E-state index contributed by atoms with van der Waals surface area (Å²) in [6, 6.07) is 4.32. The minimum atomic E-state index is -4.53. The molecule has 0 saturated carbocycles. The lowest BCUT2D eigenvalue weighted by molar-refractivity contribution is -0.141. The first-order chi connectivity index (χ1) is 17.0. The Hall–Kier alpha value is -3.08. The van der Waals surface area contributed by atoms with Crippen LogP contribution in [0, 0.1) is 6.92 Å². The van der Waals surface area contributed by atoms with Crippen molar-refractivity contribution < 1.29 is 32.2 Å². The Morgan fingerprint density at radius 3 is 2.69 bits per heavy atom. The van der Waals surface area contributed by atoms with E-state index >= 15 is 0 Å². The molecule has 2 aromatic heterocycles. The van der Waals surface area contributed by atoms with E-state index in [2.05, 4.69) is 14.9 Å². The summed E-state index contributed by atoms with van der Waals surface area (Å²) in [4.78, 5) is 24.2. The average Bonchev–Trinajstić information content (AvgIpc) is 2.81. The van der Waals surface area contributed by atoms with Crippen LogP contribution in [-0.4, -0.2) is 59.4 Å². The molecule has 36 heavy (non-hydrogen) atoms. The van der Waals surface area contributed by atoms with Crippen LogP contribution in [0.2, 0.25) is 0 Å². The van der Waals surface area contributed by atoms with Gasteiger partial charge in [-0.2, -0.15) is 13.2 Å². The number of amides is 1. The van der Waals surface area contributed by atoms with E-state index in [-0.39, 0.29) is 29.7 Å². The lowest BCUT2D eigenvalue weighted by Crippen LogP contribution is -2.42. The second-order valence-electron chi connectivity index (χ2n) is 9.40. The minimum absolute atomic E-state index is 0.0410. The van der Waals surface area contributed by atoms with E-state index in [9.17, 15) is 18.0 Å². The Morgan fingerprint density at radius 1 is 1.19 bits per heavy atom. The molecule has 0 radical (unpaired) electrons. The summed E-state index contributed by atoms with van der Waals surface area (Å²) in [5.74, 6) is 1.12. The lowest BCUT2D eigenvalue weighted by Gasteiger charge is -2.37. The SMILES string of the molecule is Cc1cc(OC2CCCN(C(C)c3cnc4c(c3)OCCN4C(=O)OC(C)C)C2)cc(C(F)(F)F)n1. The number of carbonyl (C=O) groups excluding carboxylic acids is 1. The highest BCUT2D eigenvalue weighted by atomic mass is 19.4. The van der Waals surface area contributed by atoms with Gasteiger partial charge in [0, 0.05) is 36.6 Å². The second kappa shape index (κ2) is 10.5. The number of ether oxygens (including phenoxy) is 3. The van der Waals surface area contributed by atoms with Gasteiger partial charge in [0.15, 0.2) is 11.6 Å². The Kier molecular flexibility index (Phi) is 7.58. The zero-order valence-corrected chi connectivity index (χ0v) is 20.8. The Bertz CT molecular complexity index is 1100. The third-order valence-corrected chi connectivity index (χ3v) is 6.20. The molecule has 196 valence electrons. The van der Waals surface area contributed by atoms with E-state index < -0.39 is 18.0 Å². The van der Waals surface area contributed by atoms with Crippen LogP contribution in [0.15, 0.2) is 24.4 Å². The van der Waals surface area contributed by atoms with Gasteiger partial charge in [0.25, 0.3) is 0 Å². The van der Waals surface area contributed by atoms with Crippen molar-refractivity contribution >= 4 is 11.9 Å². The quantitative estimate of drug-likeness (QED) is 0.553. The molecule has 4 rings (SSSR count). The molecule has 0 bridgehead atoms. The standard InChI is InChI=1S/C25H31F3N4O4/c1-15(2)35-24(33)32-8-9-34-21-11-18(13-29-23(21)32)17(4)31-7-5-6-19(14-31)36-20-10-16(3)30-22(12-20)25(26,27)28/h10-13,15,17,19H,5-9,14H2,1-4H3. The molecule has 2 unspecified atom stereocenters. The van der Waals surface area contributed by atoms with Crippen LogP contribution in [0.3, 0.4) is 0 Å². The van der Waals surface area contributed by atoms with Gasteiger partial charge in [-0.15, -0.1) is 0 Å². The lowest BCUT2D eigenvalue weighted by atomic mass is 10.0. The first-order valence-electron chi connectivity index (χ1n) is 12.1. The molecule has 0 N–H and O–H groups in total. The number of pyridine rings is 2. The van der Waals surface area contributed by atoms with E-state index in [0.29, 0.717) is 31.3 Å². The number of aromatic nitrogens is 2. The number of alkyl halides is 3. The van der Waals surface area contributed by atoms with Crippen LogP contribution in [0.25, 0.3) is 0 Å². The molecule has 1 amide bonds. The fourth-order valence-corrected chi connectivity index (χ4v) is 4.45. The van der Waals surface area contributed by atoms with E-state index in [1.54, 1.807) is 20.0 Å². The molecule has 11 heteroatoms. The third kappa shape index (κ3) is 6.00. The van der Waals surface area contributed by atoms with Crippen molar-refractivity contribution in [3.05, 3.63) is 41.3 Å². The molecule has 4 heterocycles. The monoisotopic (exact) mass is 508 g/mol. The van der Waals surface area contributed by atoms with Gasteiger partial charge in [0.05, 0.1) is 12.6 Å². The highest BCUT2D eigenvalue weighted by Gasteiger charge is 2.34. The summed E-state index contributed by atoms with van der Waals surface area (Å²) in [6.45, 7) is 9.20. The number of aryl methyl sites for hydroxylation is 1. The van der Waals surface area contributed by atoms with Gasteiger partial charge in [-0.05, 0) is 58.7 Å². The molecule has 0 aromatic carbocycles. The van der Waals surface area contributed by atoms with Crippen molar-refractivity contribution in [3.63, 3.8) is 0 Å². The number of anilines is 1. The topological polar surface area (TPSA) is 77.0 Å². The molecule has 8 nitrogen and oxygen atoms in total. The van der Waals surface area contributed by atoms with E-state index in [0.717, 1.165) is 31.0 Å². The van der Waals surface area contributed by atoms with Crippen LogP contribution < -0.4 is 14.4 Å². The molecular formula is C25H31F3N4O4. The predicted molar refractivity (Wildman–Crippen MR) is 126 cm³/mol. The van der Waals surface area contributed by atoms with Gasteiger partial charge < -0.3 is 14.2 Å². The first kappa shape index (κ1) is 26.0. The van der Waals surface area contributed by atoms with E-state index in [4.69, 9.17) is 14.2 Å². The average molecular weight is 509 g/mol. The molecule has 2 aromatic rings. The molecule has 2 aliphatic rings. The normalized spacial score (nSPS) is 19.4. The molecule has 0 spiro atoms. The minimum Gasteiger partial charge on any atom is -0.489 e. The fourth-order valence-electron chi connectivity index (χ4n) is 4.45. The van der Waals surface area contributed by atoms with Crippen LogP contribution >= 0.6 is 0 Å². The number of halogens is 3. The van der Waals surface area contributed by atoms with Crippen LogP contribution in [0.4, 0.5) is 23.8 Å². The number of hydrogen-bond donors (Lipinski definition) is 0. The summed E-state index contributed by atoms with van der Waals surface area (Å²) in [5.41, 5.74) is 0.213. The van der Waals surface area contributed by atoms with Crippen molar-refractivity contribution in [1.29, 1.82) is 0 Å². The number of rotatable bonds is 5. The number of hydrogen-bond acceptors (Lipinski definition) is 7. The van der Waals surface area contributed by atoms with Gasteiger partial charge in [-0.1, -0.05) is 0 Å². The van der Waals surface area contributed by atoms with Crippen molar-refractivity contribution in [1.82, 2.24) is 14.9 Å². The number of nitrogens with zero attached hydrogens (tertiary/aromatic N) is 4. The maximum absolute atomic E-state index is 13.2. The summed E-state index contributed by atoms with van der Waals surface area (Å²) >= 11 is 0. The van der Waals surface area contributed by atoms with E-state index in [1.165, 1.54) is 17.9 Å². The summed E-state index contributed by atoms with van der Waals surface area (Å²) in [7, 11) is 0. The van der Waals surface area contributed by atoms with E-state index in [1.807, 2.05) is 13.0 Å². The fraction of sp³-hybridized carbons (Fsp3) is 0.560. The van der Waals surface area contributed by atoms with Crippen molar-refractivity contribution in [2.24, 2.45) is 0 Å². The van der Waals surface area contributed by atoms with Gasteiger partial charge in [-0.3, -0.25) is 9.80 Å². The highest BCUT2D eigenvalue weighted by molar-refractivity contribution is 5.88. The molecule has 1 fully saturated rings. The molecule has 0 aliphatic carbocycles. The van der Waals surface area contributed by atoms with Crippen molar-refractivity contribution in [2.75, 3.05) is 31.1 Å². The largest absolute Gasteiger partial charge is 0.489 e. The Morgan fingerprint density at radius 2 is 1.97 bits per heavy atom. The molecular weight excluding hydrogens is 477 g/mol. The molecule has 1 saturated heterocycles. The Labute approximate surface area is 208 Å². The van der Waals surface area contributed by atoms with Gasteiger partial charge in [0.1, 0.15) is 24.2 Å².